The lowest BCUT2D eigenvalue weighted by molar-refractivity contribution is -0.137. The van der Waals surface area contributed by atoms with E-state index in [0.29, 0.717) is 36.1 Å². The summed E-state index contributed by atoms with van der Waals surface area (Å²) in [6, 6.07) is 4.44. The maximum Gasteiger partial charge on any atom is 0.416 e. The van der Waals surface area contributed by atoms with Gasteiger partial charge in [-0.05, 0) is 40.9 Å². The molecule has 25 heavy (non-hydrogen) atoms. The largest absolute Gasteiger partial charge is 0.416 e. The monoisotopic (exact) mass is 418 g/mol. The van der Waals surface area contributed by atoms with Crippen molar-refractivity contribution in [2.75, 3.05) is 13.2 Å². The molecule has 0 bridgehead atoms. The topological polar surface area (TPSA) is 64.4 Å². The number of amides is 1. The number of rotatable bonds is 3. The first-order valence-corrected chi connectivity index (χ1v) is 8.37. The van der Waals surface area contributed by atoms with E-state index >= 15 is 0 Å². The number of nitrogens with one attached hydrogen (secondary N) is 1. The molecule has 2 aromatic rings. The zero-order valence-electron chi connectivity index (χ0n) is 12.9. The number of nitrogens with zero attached hydrogens (tertiary/aromatic N) is 1. The molecule has 9 heteroatoms. The SMILES string of the molecule is O=C(NC1CCOCC1)c1noc(-c2ccc(C(F)(F)F)cc2)c1Br. The second kappa shape index (κ2) is 7.17. The van der Waals surface area contributed by atoms with Crippen molar-refractivity contribution in [2.45, 2.75) is 25.1 Å². The third-order valence-corrected chi connectivity index (χ3v) is 4.62. The minimum absolute atomic E-state index is 0.000584. The van der Waals surface area contributed by atoms with E-state index in [1.807, 2.05) is 0 Å². The Morgan fingerprint density at radius 2 is 1.84 bits per heavy atom. The van der Waals surface area contributed by atoms with Crippen LogP contribution >= 0.6 is 15.9 Å². The van der Waals surface area contributed by atoms with Crippen molar-refractivity contribution in [3.63, 3.8) is 0 Å². The van der Waals surface area contributed by atoms with E-state index < -0.39 is 17.6 Å². The molecule has 1 fully saturated rings. The average Bonchev–Trinajstić information content (AvgIpc) is 2.97. The second-order valence-corrected chi connectivity index (χ2v) is 6.40. The molecule has 1 saturated heterocycles. The molecular weight excluding hydrogens is 405 g/mol. The summed E-state index contributed by atoms with van der Waals surface area (Å²) in [4.78, 5) is 12.3. The number of hydrogen-bond acceptors (Lipinski definition) is 4. The van der Waals surface area contributed by atoms with Gasteiger partial charge < -0.3 is 14.6 Å². The fourth-order valence-electron chi connectivity index (χ4n) is 2.51. The Labute approximate surface area is 149 Å². The smallest absolute Gasteiger partial charge is 0.381 e. The van der Waals surface area contributed by atoms with Crippen LogP contribution < -0.4 is 5.32 Å². The molecule has 3 rings (SSSR count). The van der Waals surface area contributed by atoms with Crippen LogP contribution in [0.25, 0.3) is 11.3 Å². The van der Waals surface area contributed by atoms with Crippen molar-refractivity contribution in [1.29, 1.82) is 0 Å². The highest BCUT2D eigenvalue weighted by Crippen LogP contribution is 2.34. The molecule has 0 unspecified atom stereocenters. The van der Waals surface area contributed by atoms with Crippen molar-refractivity contribution in [3.8, 4) is 11.3 Å². The minimum atomic E-state index is -4.41. The third kappa shape index (κ3) is 4.04. The molecule has 1 aromatic carbocycles. The molecule has 1 aliphatic rings. The van der Waals surface area contributed by atoms with Crippen LogP contribution in [0, 0.1) is 0 Å². The van der Waals surface area contributed by atoms with Crippen molar-refractivity contribution in [2.24, 2.45) is 0 Å². The summed E-state index contributed by atoms with van der Waals surface area (Å²) in [7, 11) is 0. The molecule has 134 valence electrons. The normalized spacial score (nSPS) is 16.0. The van der Waals surface area contributed by atoms with Crippen LogP contribution in [0.2, 0.25) is 0 Å². The number of alkyl halides is 3. The zero-order valence-corrected chi connectivity index (χ0v) is 14.5. The molecule has 0 spiro atoms. The zero-order chi connectivity index (χ0) is 18.0. The first-order chi connectivity index (χ1) is 11.9. The summed E-state index contributed by atoms with van der Waals surface area (Å²) >= 11 is 3.25. The van der Waals surface area contributed by atoms with E-state index in [9.17, 15) is 18.0 Å². The van der Waals surface area contributed by atoms with Crippen molar-refractivity contribution < 1.29 is 27.2 Å². The summed E-state index contributed by atoms with van der Waals surface area (Å²) in [5.41, 5.74) is -0.316. The van der Waals surface area contributed by atoms with Gasteiger partial charge in [-0.2, -0.15) is 13.2 Å². The van der Waals surface area contributed by atoms with Crippen LogP contribution in [0.15, 0.2) is 33.3 Å². The van der Waals surface area contributed by atoms with Crippen LogP contribution in [0.1, 0.15) is 28.9 Å². The maximum absolute atomic E-state index is 12.6. The number of carbonyl (C=O) groups is 1. The summed E-state index contributed by atoms with van der Waals surface area (Å²) in [6.07, 6.45) is -2.98. The van der Waals surface area contributed by atoms with E-state index in [2.05, 4.69) is 26.4 Å². The van der Waals surface area contributed by atoms with Gasteiger partial charge in [0.05, 0.1) is 10.0 Å². The van der Waals surface area contributed by atoms with Crippen LogP contribution in [-0.2, 0) is 10.9 Å². The lowest BCUT2D eigenvalue weighted by Gasteiger charge is -2.22. The molecule has 2 heterocycles. The van der Waals surface area contributed by atoms with Gasteiger partial charge in [0.15, 0.2) is 11.5 Å². The molecule has 1 N–H and O–H groups in total. The highest BCUT2D eigenvalue weighted by atomic mass is 79.9. The van der Waals surface area contributed by atoms with E-state index in [1.54, 1.807) is 0 Å². The van der Waals surface area contributed by atoms with Crippen LogP contribution in [-0.4, -0.2) is 30.3 Å². The van der Waals surface area contributed by atoms with Crippen LogP contribution in [0.5, 0.6) is 0 Å². The molecule has 5 nitrogen and oxygen atoms in total. The Balaban J connectivity index is 1.77. The van der Waals surface area contributed by atoms with Crippen LogP contribution in [0.4, 0.5) is 13.2 Å². The first kappa shape index (κ1) is 17.9. The summed E-state index contributed by atoms with van der Waals surface area (Å²) < 4.78 is 48.6. The van der Waals surface area contributed by atoms with Crippen molar-refractivity contribution in [1.82, 2.24) is 10.5 Å². The third-order valence-electron chi connectivity index (χ3n) is 3.88. The highest BCUT2D eigenvalue weighted by molar-refractivity contribution is 9.10. The number of halogens is 4. The first-order valence-electron chi connectivity index (χ1n) is 7.57. The van der Waals surface area contributed by atoms with Gasteiger partial charge in [0, 0.05) is 24.8 Å². The molecule has 0 radical (unpaired) electrons. The molecule has 1 aromatic heterocycles. The Bertz CT molecular complexity index is 753. The Morgan fingerprint density at radius 3 is 2.44 bits per heavy atom. The van der Waals surface area contributed by atoms with E-state index in [1.165, 1.54) is 12.1 Å². The number of hydrogen-bond donors (Lipinski definition) is 1. The lowest BCUT2D eigenvalue weighted by atomic mass is 10.1. The van der Waals surface area contributed by atoms with Gasteiger partial charge in [0.25, 0.3) is 5.91 Å². The summed E-state index contributed by atoms with van der Waals surface area (Å²) in [6.45, 7) is 1.17. The second-order valence-electron chi connectivity index (χ2n) is 5.61. The minimum Gasteiger partial charge on any atom is -0.381 e. The summed E-state index contributed by atoms with van der Waals surface area (Å²) in [5, 5.41) is 6.59. The summed E-state index contributed by atoms with van der Waals surface area (Å²) in [5.74, 6) is -0.202. The molecule has 0 aliphatic carbocycles. The van der Waals surface area contributed by atoms with Gasteiger partial charge in [0.1, 0.15) is 0 Å². The standard InChI is InChI=1S/C16H14BrF3N2O3/c17-12-13(15(23)21-11-5-7-24-8-6-11)22-25-14(12)9-1-3-10(4-2-9)16(18,19)20/h1-4,11H,5-8H2,(H,21,23). The fraction of sp³-hybridized carbons (Fsp3) is 0.375. The maximum atomic E-state index is 12.6. The molecule has 1 aliphatic heterocycles. The van der Waals surface area contributed by atoms with Crippen molar-refractivity contribution in [3.05, 3.63) is 40.0 Å². The quantitative estimate of drug-likeness (QED) is 0.816. The number of ether oxygens (including phenoxy) is 1. The average molecular weight is 419 g/mol. The van der Waals surface area contributed by atoms with Gasteiger partial charge in [0.2, 0.25) is 0 Å². The van der Waals surface area contributed by atoms with Gasteiger partial charge >= 0.3 is 6.18 Å². The molecule has 1 amide bonds. The van der Waals surface area contributed by atoms with E-state index in [0.717, 1.165) is 12.1 Å². The number of aromatic nitrogens is 1. The number of carbonyl (C=O) groups excluding carboxylic acids is 1. The highest BCUT2D eigenvalue weighted by Gasteiger charge is 2.30. The van der Waals surface area contributed by atoms with Crippen molar-refractivity contribution >= 4 is 21.8 Å². The Hall–Kier alpha value is -1.87. The van der Waals surface area contributed by atoms with Gasteiger partial charge in [-0.25, -0.2) is 0 Å². The van der Waals surface area contributed by atoms with E-state index in [-0.39, 0.29) is 17.5 Å². The van der Waals surface area contributed by atoms with Gasteiger partial charge in [-0.3, -0.25) is 4.79 Å². The Kier molecular flexibility index (Phi) is 5.14. The van der Waals surface area contributed by atoms with Crippen LogP contribution in [0.3, 0.4) is 0 Å². The van der Waals surface area contributed by atoms with E-state index in [4.69, 9.17) is 9.26 Å². The van der Waals surface area contributed by atoms with Gasteiger partial charge in [-0.15, -0.1) is 0 Å². The lowest BCUT2D eigenvalue weighted by Crippen LogP contribution is -2.39. The fourth-order valence-corrected chi connectivity index (χ4v) is 3.06. The molecule has 0 atom stereocenters. The molecule has 0 saturated carbocycles. The van der Waals surface area contributed by atoms with Gasteiger partial charge in [-0.1, -0.05) is 17.3 Å². The predicted octanol–water partition coefficient (Wildman–Crippen LogP) is 4.03. The predicted molar refractivity (Wildman–Crippen MR) is 85.9 cm³/mol. The number of benzene rings is 1. The molecular formula is C16H14BrF3N2O3. The Morgan fingerprint density at radius 1 is 1.20 bits per heavy atom.